The van der Waals surface area contributed by atoms with Gasteiger partial charge in [0.1, 0.15) is 11.4 Å². The van der Waals surface area contributed by atoms with E-state index in [0.717, 1.165) is 24.8 Å². The third kappa shape index (κ3) is 4.47. The van der Waals surface area contributed by atoms with Gasteiger partial charge in [-0.15, -0.1) is 0 Å². The van der Waals surface area contributed by atoms with Gasteiger partial charge in [0.15, 0.2) is 0 Å². The van der Waals surface area contributed by atoms with Crippen LogP contribution in [0.3, 0.4) is 0 Å². The molecule has 0 saturated carbocycles. The molecule has 148 valence electrons. The summed E-state index contributed by atoms with van der Waals surface area (Å²) in [6.45, 7) is 13.6. The standard InChI is InChI=1S/C23H29N3O2/c1-6-8-10-16(3)20-22(28)26(23(4,5)25-20)19(11-9-7-2)17-12-14-18(15-13-17)21(24)27/h6,8,10,12-15,19H,1,3,7,9,11H2,2,4-5H3,(H2,24,27)/b10-8-. The van der Waals surface area contributed by atoms with E-state index in [9.17, 15) is 9.59 Å². The second-order valence-corrected chi connectivity index (χ2v) is 7.39. The summed E-state index contributed by atoms with van der Waals surface area (Å²) in [5.74, 6) is -0.603. The van der Waals surface area contributed by atoms with Gasteiger partial charge in [0.25, 0.3) is 5.91 Å². The van der Waals surface area contributed by atoms with E-state index in [1.807, 2.05) is 30.9 Å². The van der Waals surface area contributed by atoms with Crippen molar-refractivity contribution >= 4 is 17.5 Å². The zero-order valence-corrected chi connectivity index (χ0v) is 16.9. The van der Waals surface area contributed by atoms with Gasteiger partial charge >= 0.3 is 0 Å². The number of carbonyl (C=O) groups is 2. The first-order valence-corrected chi connectivity index (χ1v) is 9.54. The molecule has 1 aromatic rings. The number of hydrogen-bond acceptors (Lipinski definition) is 3. The van der Waals surface area contributed by atoms with E-state index in [2.05, 4.69) is 25.1 Å². The summed E-state index contributed by atoms with van der Waals surface area (Å²) in [5, 5.41) is 0. The van der Waals surface area contributed by atoms with Crippen molar-refractivity contribution in [2.45, 2.75) is 51.7 Å². The molecule has 5 nitrogen and oxygen atoms in total. The SMILES string of the molecule is C=C/C=C\C(=C)C1=NC(C)(C)N(C(CCCC)c2ccc(C(N)=O)cc2)C1=O. The number of unbranched alkanes of at least 4 members (excludes halogenated alkanes) is 1. The van der Waals surface area contributed by atoms with Gasteiger partial charge in [0.05, 0.1) is 6.04 Å². The summed E-state index contributed by atoms with van der Waals surface area (Å²) < 4.78 is 0. The average Bonchev–Trinajstić information content (AvgIpc) is 2.90. The quantitative estimate of drug-likeness (QED) is 0.648. The van der Waals surface area contributed by atoms with Crippen LogP contribution in [0.4, 0.5) is 0 Å². The zero-order valence-electron chi connectivity index (χ0n) is 16.9. The van der Waals surface area contributed by atoms with Gasteiger partial charge in [-0.2, -0.15) is 0 Å². The van der Waals surface area contributed by atoms with Crippen LogP contribution in [0.1, 0.15) is 62.0 Å². The molecule has 0 aliphatic carbocycles. The summed E-state index contributed by atoms with van der Waals surface area (Å²) in [6, 6.07) is 7.00. The molecular weight excluding hydrogens is 350 g/mol. The number of aliphatic imine (C=N–C) groups is 1. The molecule has 0 spiro atoms. The Morgan fingerprint density at radius 1 is 1.32 bits per heavy atom. The Morgan fingerprint density at radius 3 is 2.50 bits per heavy atom. The lowest BCUT2D eigenvalue weighted by Gasteiger charge is -2.37. The Kier molecular flexibility index (Phi) is 6.73. The van der Waals surface area contributed by atoms with Crippen molar-refractivity contribution in [1.82, 2.24) is 4.90 Å². The number of nitrogens with zero attached hydrogens (tertiary/aromatic N) is 2. The summed E-state index contributed by atoms with van der Waals surface area (Å²) in [5.41, 5.74) is 7.01. The van der Waals surface area contributed by atoms with Crippen molar-refractivity contribution in [3.8, 4) is 0 Å². The summed E-state index contributed by atoms with van der Waals surface area (Å²) in [7, 11) is 0. The Labute approximate surface area is 167 Å². The molecule has 5 heteroatoms. The van der Waals surface area contributed by atoms with E-state index in [-0.39, 0.29) is 11.9 Å². The van der Waals surface area contributed by atoms with Gasteiger partial charge in [-0.05, 0) is 43.5 Å². The zero-order chi connectivity index (χ0) is 20.9. The Balaban J connectivity index is 2.41. The molecule has 1 aliphatic heterocycles. The molecular formula is C23H29N3O2. The first kappa shape index (κ1) is 21.4. The molecule has 0 aromatic heterocycles. The second-order valence-electron chi connectivity index (χ2n) is 7.39. The Bertz CT molecular complexity index is 832. The van der Waals surface area contributed by atoms with E-state index < -0.39 is 11.6 Å². The minimum absolute atomic E-state index is 0.135. The van der Waals surface area contributed by atoms with Crippen molar-refractivity contribution in [3.05, 3.63) is 72.4 Å². The number of hydrogen-bond donors (Lipinski definition) is 1. The van der Waals surface area contributed by atoms with E-state index in [1.54, 1.807) is 30.4 Å². The van der Waals surface area contributed by atoms with Gasteiger partial charge in [-0.25, -0.2) is 0 Å². The Hall–Kier alpha value is -2.95. The maximum atomic E-state index is 13.3. The third-order valence-corrected chi connectivity index (χ3v) is 4.86. The van der Waals surface area contributed by atoms with Crippen molar-refractivity contribution in [1.29, 1.82) is 0 Å². The minimum atomic E-state index is -0.696. The van der Waals surface area contributed by atoms with Crippen LogP contribution in [0.25, 0.3) is 0 Å². The van der Waals surface area contributed by atoms with Crippen molar-refractivity contribution in [2.75, 3.05) is 0 Å². The molecule has 0 fully saturated rings. The summed E-state index contributed by atoms with van der Waals surface area (Å²) in [6.07, 6.45) is 7.91. The maximum Gasteiger partial charge on any atom is 0.275 e. The van der Waals surface area contributed by atoms with E-state index in [4.69, 9.17) is 5.73 Å². The number of benzene rings is 1. The maximum absolute atomic E-state index is 13.3. The van der Waals surface area contributed by atoms with Crippen LogP contribution < -0.4 is 5.73 Å². The smallest absolute Gasteiger partial charge is 0.275 e. The van der Waals surface area contributed by atoms with Gasteiger partial charge < -0.3 is 10.6 Å². The molecule has 28 heavy (non-hydrogen) atoms. The fraction of sp³-hybridized carbons (Fsp3) is 0.348. The number of primary amides is 1. The topological polar surface area (TPSA) is 75.8 Å². The number of nitrogens with two attached hydrogens (primary N) is 1. The highest BCUT2D eigenvalue weighted by Gasteiger charge is 2.44. The third-order valence-electron chi connectivity index (χ3n) is 4.86. The molecule has 0 saturated heterocycles. The fourth-order valence-corrected chi connectivity index (χ4v) is 3.44. The van der Waals surface area contributed by atoms with Gasteiger partial charge in [-0.3, -0.25) is 14.6 Å². The van der Waals surface area contributed by atoms with Crippen molar-refractivity contribution < 1.29 is 9.59 Å². The number of carbonyl (C=O) groups excluding carboxylic acids is 2. The van der Waals surface area contributed by atoms with Crippen LogP contribution in [-0.2, 0) is 4.79 Å². The molecule has 1 aromatic carbocycles. The normalized spacial score (nSPS) is 16.9. The monoisotopic (exact) mass is 379 g/mol. The van der Waals surface area contributed by atoms with Gasteiger partial charge in [0, 0.05) is 5.56 Å². The second kappa shape index (κ2) is 8.83. The van der Waals surface area contributed by atoms with Crippen LogP contribution in [-0.4, -0.2) is 28.1 Å². The Morgan fingerprint density at radius 2 is 1.96 bits per heavy atom. The van der Waals surface area contributed by atoms with Crippen molar-refractivity contribution in [2.24, 2.45) is 10.7 Å². The lowest BCUT2D eigenvalue weighted by molar-refractivity contribution is -0.130. The minimum Gasteiger partial charge on any atom is -0.366 e. The highest BCUT2D eigenvalue weighted by molar-refractivity contribution is 6.47. The summed E-state index contributed by atoms with van der Waals surface area (Å²) in [4.78, 5) is 31.2. The highest BCUT2D eigenvalue weighted by atomic mass is 16.2. The van der Waals surface area contributed by atoms with Crippen molar-refractivity contribution in [3.63, 3.8) is 0 Å². The lowest BCUT2D eigenvalue weighted by atomic mass is 9.95. The fourth-order valence-electron chi connectivity index (χ4n) is 3.44. The molecule has 1 heterocycles. The first-order chi connectivity index (χ1) is 13.2. The molecule has 2 rings (SSSR count). The lowest BCUT2D eigenvalue weighted by Crippen LogP contribution is -2.45. The number of amides is 2. The molecule has 2 N–H and O–H groups in total. The molecule has 1 aliphatic rings. The average molecular weight is 380 g/mol. The van der Waals surface area contributed by atoms with Gasteiger partial charge in [-0.1, -0.05) is 63.3 Å². The van der Waals surface area contributed by atoms with E-state index in [0.29, 0.717) is 16.8 Å². The predicted molar refractivity (Wildman–Crippen MR) is 114 cm³/mol. The van der Waals surface area contributed by atoms with Gasteiger partial charge in [0.2, 0.25) is 5.91 Å². The predicted octanol–water partition coefficient (Wildman–Crippen LogP) is 4.33. The number of allylic oxidation sites excluding steroid dienone is 3. The van der Waals surface area contributed by atoms with Crippen LogP contribution in [0.5, 0.6) is 0 Å². The van der Waals surface area contributed by atoms with Crippen LogP contribution in [0.15, 0.2) is 66.2 Å². The van der Waals surface area contributed by atoms with Crippen LogP contribution in [0, 0.1) is 0 Å². The molecule has 0 bridgehead atoms. The molecule has 0 radical (unpaired) electrons. The van der Waals surface area contributed by atoms with E-state index in [1.165, 1.54) is 0 Å². The highest BCUT2D eigenvalue weighted by Crippen LogP contribution is 2.38. The van der Waals surface area contributed by atoms with E-state index >= 15 is 0 Å². The summed E-state index contributed by atoms with van der Waals surface area (Å²) >= 11 is 0. The molecule has 1 unspecified atom stereocenters. The number of rotatable bonds is 9. The molecule has 1 atom stereocenters. The largest absolute Gasteiger partial charge is 0.366 e. The van der Waals surface area contributed by atoms with Crippen LogP contribution in [0.2, 0.25) is 0 Å². The first-order valence-electron chi connectivity index (χ1n) is 9.54. The molecule has 2 amide bonds. The van der Waals surface area contributed by atoms with Crippen LogP contribution >= 0.6 is 0 Å².